The summed E-state index contributed by atoms with van der Waals surface area (Å²) in [4.78, 5) is 0. The lowest BCUT2D eigenvalue weighted by Gasteiger charge is -2.07. The molecule has 1 aromatic rings. The van der Waals surface area contributed by atoms with Crippen molar-refractivity contribution in [3.8, 4) is 5.75 Å². The third-order valence-electron chi connectivity index (χ3n) is 1.45. The molecule has 0 fully saturated rings. The number of hydrogen-bond acceptors (Lipinski definition) is 1. The zero-order valence-electron chi connectivity index (χ0n) is 7.33. The third-order valence-corrected chi connectivity index (χ3v) is 1.45. The van der Waals surface area contributed by atoms with Gasteiger partial charge in [0, 0.05) is 0 Å². The number of halogens is 4. The highest BCUT2D eigenvalue weighted by Gasteiger charge is 2.20. The van der Waals surface area contributed by atoms with Crippen LogP contribution in [0.15, 0.2) is 0 Å². The average molecular weight is 207 g/mol. The molecule has 5 heteroatoms. The van der Waals surface area contributed by atoms with Crippen LogP contribution in [0.4, 0.5) is 17.6 Å². The van der Waals surface area contributed by atoms with E-state index in [2.05, 4.69) is 4.74 Å². The van der Waals surface area contributed by atoms with Crippen LogP contribution >= 0.6 is 0 Å². The highest BCUT2D eigenvalue weighted by Crippen LogP contribution is 2.25. The quantitative estimate of drug-likeness (QED) is 0.547. The summed E-state index contributed by atoms with van der Waals surface area (Å²) in [5.74, 6) is -7.32. The molecule has 1 aromatic carbocycles. The summed E-state index contributed by atoms with van der Waals surface area (Å²) >= 11 is 0. The molecule has 0 aliphatic carbocycles. The van der Waals surface area contributed by atoms with Gasteiger partial charge in [0.15, 0.2) is 17.4 Å². The van der Waals surface area contributed by atoms with E-state index in [4.69, 9.17) is 0 Å². The van der Waals surface area contributed by atoms with Gasteiger partial charge < -0.3 is 4.74 Å². The van der Waals surface area contributed by atoms with Crippen molar-refractivity contribution in [1.29, 1.82) is 0 Å². The van der Waals surface area contributed by atoms with Crippen LogP contribution < -0.4 is 4.74 Å². The van der Waals surface area contributed by atoms with Crippen molar-refractivity contribution in [2.45, 2.75) is 13.3 Å². The van der Waals surface area contributed by atoms with Crippen LogP contribution in [0.25, 0.3) is 0 Å². The smallest absolute Gasteiger partial charge is 0.204 e. The summed E-state index contributed by atoms with van der Waals surface area (Å²) in [6.07, 6.45) is 0.473. The van der Waals surface area contributed by atoms with E-state index in [-0.39, 0.29) is 6.61 Å². The molecule has 1 radical (unpaired) electrons. The lowest BCUT2D eigenvalue weighted by atomic mass is 10.3. The molecule has 0 amide bonds. The van der Waals surface area contributed by atoms with Crippen LogP contribution in [0.2, 0.25) is 0 Å². The zero-order chi connectivity index (χ0) is 10.7. The Bertz CT molecular complexity index is 312. The van der Waals surface area contributed by atoms with Crippen molar-refractivity contribution in [1.82, 2.24) is 0 Å². The maximum atomic E-state index is 12.8. The van der Waals surface area contributed by atoms with E-state index in [9.17, 15) is 17.6 Å². The zero-order valence-corrected chi connectivity index (χ0v) is 7.33. The second-order valence-electron chi connectivity index (χ2n) is 2.56. The van der Waals surface area contributed by atoms with Gasteiger partial charge in [0.25, 0.3) is 0 Å². The summed E-state index contributed by atoms with van der Waals surface area (Å²) in [5.41, 5.74) is 0. The predicted octanol–water partition coefficient (Wildman–Crippen LogP) is 2.83. The summed E-state index contributed by atoms with van der Waals surface area (Å²) in [7, 11) is 0. The molecule has 0 aromatic heterocycles. The van der Waals surface area contributed by atoms with Gasteiger partial charge in [-0.2, -0.15) is 8.78 Å². The highest BCUT2D eigenvalue weighted by atomic mass is 19.2. The molecule has 14 heavy (non-hydrogen) atoms. The number of benzene rings is 1. The van der Waals surface area contributed by atoms with Crippen LogP contribution in [0.3, 0.4) is 0 Å². The fourth-order valence-corrected chi connectivity index (χ4v) is 0.833. The van der Waals surface area contributed by atoms with Crippen LogP contribution in [0.1, 0.15) is 13.3 Å². The fourth-order valence-electron chi connectivity index (χ4n) is 0.833. The van der Waals surface area contributed by atoms with Gasteiger partial charge in [-0.25, -0.2) is 8.78 Å². The van der Waals surface area contributed by atoms with Crippen molar-refractivity contribution >= 4 is 0 Å². The van der Waals surface area contributed by atoms with E-state index < -0.39 is 29.0 Å². The Morgan fingerprint density at radius 2 is 1.57 bits per heavy atom. The van der Waals surface area contributed by atoms with Gasteiger partial charge in [-0.3, -0.25) is 0 Å². The van der Waals surface area contributed by atoms with Crippen LogP contribution in [0.5, 0.6) is 5.75 Å². The molecule has 0 saturated heterocycles. The molecule has 0 N–H and O–H groups in total. The predicted molar refractivity (Wildman–Crippen MR) is 40.9 cm³/mol. The van der Waals surface area contributed by atoms with Crippen molar-refractivity contribution < 1.29 is 22.3 Å². The van der Waals surface area contributed by atoms with Crippen LogP contribution in [0, 0.1) is 29.3 Å². The Morgan fingerprint density at radius 1 is 1.07 bits per heavy atom. The lowest BCUT2D eigenvalue weighted by molar-refractivity contribution is 0.271. The average Bonchev–Trinajstić information content (AvgIpc) is 2.15. The van der Waals surface area contributed by atoms with Crippen molar-refractivity contribution in [2.24, 2.45) is 0 Å². The molecule has 1 rings (SSSR count). The lowest BCUT2D eigenvalue weighted by Crippen LogP contribution is -2.04. The topological polar surface area (TPSA) is 9.23 Å². The first kappa shape index (κ1) is 10.8. The van der Waals surface area contributed by atoms with E-state index in [0.29, 0.717) is 6.42 Å². The van der Waals surface area contributed by atoms with Gasteiger partial charge in [0.2, 0.25) is 11.6 Å². The highest BCUT2D eigenvalue weighted by molar-refractivity contribution is 5.27. The first-order valence-electron chi connectivity index (χ1n) is 3.96. The molecular weight excluding hydrogens is 200 g/mol. The number of ether oxygens (including phenoxy) is 1. The Balaban J connectivity index is 3.11. The largest absolute Gasteiger partial charge is 0.487 e. The minimum absolute atomic E-state index is 0.0171. The summed E-state index contributed by atoms with van der Waals surface area (Å²) in [5, 5.41) is 0. The van der Waals surface area contributed by atoms with Gasteiger partial charge >= 0.3 is 0 Å². The molecule has 0 atom stereocenters. The standard InChI is InChI=1S/C9H7F4O/c1-2-3-14-9-7(12)5(10)4-6(11)8(9)13/h2-3H2,1H3. The van der Waals surface area contributed by atoms with Gasteiger partial charge in [0.1, 0.15) is 0 Å². The van der Waals surface area contributed by atoms with E-state index in [1.807, 2.05) is 0 Å². The van der Waals surface area contributed by atoms with Crippen molar-refractivity contribution in [3.05, 3.63) is 29.3 Å². The van der Waals surface area contributed by atoms with Crippen molar-refractivity contribution in [2.75, 3.05) is 6.61 Å². The second-order valence-corrected chi connectivity index (χ2v) is 2.56. The normalized spacial score (nSPS) is 10.4. The van der Waals surface area contributed by atoms with Crippen LogP contribution in [-0.4, -0.2) is 6.61 Å². The molecule has 0 spiro atoms. The second kappa shape index (κ2) is 4.30. The molecule has 77 valence electrons. The maximum Gasteiger partial charge on any atom is 0.204 e. The van der Waals surface area contributed by atoms with E-state index >= 15 is 0 Å². The SMILES string of the molecule is CCCOc1c(F)c(F)[c]c(F)c1F. The van der Waals surface area contributed by atoms with Crippen LogP contribution in [-0.2, 0) is 0 Å². The molecule has 0 aliphatic heterocycles. The Labute approximate surface area is 78.3 Å². The van der Waals surface area contributed by atoms with Gasteiger partial charge in [-0.1, -0.05) is 6.92 Å². The van der Waals surface area contributed by atoms with E-state index in [1.54, 1.807) is 6.92 Å². The summed E-state index contributed by atoms with van der Waals surface area (Å²) in [6, 6.07) is 1.26. The molecular formula is C9H7F4O. The molecule has 0 saturated carbocycles. The fraction of sp³-hybridized carbons (Fsp3) is 0.333. The summed E-state index contributed by atoms with van der Waals surface area (Å²) < 4.78 is 55.2. The minimum Gasteiger partial charge on any atom is -0.487 e. The monoisotopic (exact) mass is 207 g/mol. The van der Waals surface area contributed by atoms with Gasteiger partial charge in [-0.05, 0) is 6.42 Å². The minimum atomic E-state index is -1.59. The molecule has 0 aliphatic rings. The Hall–Kier alpha value is -1.26. The van der Waals surface area contributed by atoms with E-state index in [1.165, 1.54) is 6.07 Å². The first-order valence-corrected chi connectivity index (χ1v) is 3.96. The first-order chi connectivity index (χ1) is 6.57. The Kier molecular flexibility index (Phi) is 3.33. The maximum absolute atomic E-state index is 12.8. The summed E-state index contributed by atoms with van der Waals surface area (Å²) in [6.45, 7) is 1.67. The van der Waals surface area contributed by atoms with Gasteiger partial charge in [-0.15, -0.1) is 0 Å². The molecule has 0 heterocycles. The molecule has 1 nitrogen and oxygen atoms in total. The third kappa shape index (κ3) is 1.97. The van der Waals surface area contributed by atoms with E-state index in [0.717, 1.165) is 0 Å². The van der Waals surface area contributed by atoms with Crippen molar-refractivity contribution in [3.63, 3.8) is 0 Å². The number of rotatable bonds is 3. The molecule has 0 unspecified atom stereocenters. The number of hydrogen-bond donors (Lipinski definition) is 0. The van der Waals surface area contributed by atoms with Gasteiger partial charge in [0.05, 0.1) is 12.7 Å². The molecule has 0 bridgehead atoms. The Morgan fingerprint density at radius 3 is 2.00 bits per heavy atom.